The van der Waals surface area contributed by atoms with Crippen LogP contribution in [0.1, 0.15) is 21.1 Å². The van der Waals surface area contributed by atoms with Crippen molar-refractivity contribution in [2.45, 2.75) is 13.3 Å². The minimum Gasteiger partial charge on any atom is -0.341 e. The highest BCUT2D eigenvalue weighted by Gasteiger charge is 2.19. The first-order chi connectivity index (χ1) is 12.0. The molecule has 0 saturated carbocycles. The zero-order valence-electron chi connectivity index (χ0n) is 14.1. The Hall–Kier alpha value is -2.60. The summed E-state index contributed by atoms with van der Waals surface area (Å²) in [4.78, 5) is 23.7. The van der Waals surface area contributed by atoms with Crippen LogP contribution in [0.15, 0.2) is 48.7 Å². The Kier molecular flexibility index (Phi) is 5.19. The Labute approximate surface area is 150 Å². The van der Waals surface area contributed by atoms with Gasteiger partial charge in [-0.05, 0) is 43.3 Å². The molecule has 0 aliphatic carbocycles. The zero-order chi connectivity index (χ0) is 17.8. The average molecular weight is 355 g/mol. The SMILES string of the molecule is Cc1nc(-c2ccc(F)cc2)sc1C(=O)N(C)CCc1ccccn1. The molecule has 3 rings (SSSR count). The predicted octanol–water partition coefficient (Wildman–Crippen LogP) is 3.97. The van der Waals surface area contributed by atoms with Crippen molar-refractivity contribution in [1.82, 2.24) is 14.9 Å². The number of pyridine rings is 1. The molecule has 0 atom stereocenters. The molecule has 0 spiro atoms. The van der Waals surface area contributed by atoms with Crippen molar-refractivity contribution in [1.29, 1.82) is 0 Å². The molecule has 2 aromatic heterocycles. The molecule has 0 saturated heterocycles. The molecule has 0 bridgehead atoms. The van der Waals surface area contributed by atoms with Gasteiger partial charge in [-0.15, -0.1) is 11.3 Å². The van der Waals surface area contributed by atoms with Crippen LogP contribution in [0.3, 0.4) is 0 Å². The third-order valence-corrected chi connectivity index (χ3v) is 5.05. The molecule has 3 aromatic rings. The number of aromatic nitrogens is 2. The van der Waals surface area contributed by atoms with Gasteiger partial charge in [-0.3, -0.25) is 9.78 Å². The fourth-order valence-corrected chi connectivity index (χ4v) is 3.48. The lowest BCUT2D eigenvalue weighted by atomic mass is 10.2. The molecule has 128 valence electrons. The van der Waals surface area contributed by atoms with Gasteiger partial charge in [-0.1, -0.05) is 6.07 Å². The van der Waals surface area contributed by atoms with Gasteiger partial charge >= 0.3 is 0 Å². The minimum atomic E-state index is -0.289. The van der Waals surface area contributed by atoms with Crippen LogP contribution in [0.5, 0.6) is 0 Å². The number of carbonyl (C=O) groups is 1. The van der Waals surface area contributed by atoms with Gasteiger partial charge in [-0.2, -0.15) is 0 Å². The number of amides is 1. The lowest BCUT2D eigenvalue weighted by Crippen LogP contribution is -2.28. The molecule has 2 heterocycles. The Bertz CT molecular complexity index is 862. The Morgan fingerprint density at radius 2 is 1.96 bits per heavy atom. The number of thiazole rings is 1. The van der Waals surface area contributed by atoms with Gasteiger partial charge in [0.15, 0.2) is 0 Å². The van der Waals surface area contributed by atoms with E-state index in [2.05, 4.69) is 9.97 Å². The van der Waals surface area contributed by atoms with Crippen molar-refractivity contribution in [3.8, 4) is 10.6 Å². The monoisotopic (exact) mass is 355 g/mol. The van der Waals surface area contributed by atoms with Gasteiger partial charge in [0, 0.05) is 37.5 Å². The van der Waals surface area contributed by atoms with Crippen molar-refractivity contribution in [3.05, 3.63) is 70.7 Å². The normalized spacial score (nSPS) is 10.7. The molecule has 1 amide bonds. The summed E-state index contributed by atoms with van der Waals surface area (Å²) < 4.78 is 13.1. The summed E-state index contributed by atoms with van der Waals surface area (Å²) in [5, 5.41) is 0.721. The maximum absolute atomic E-state index is 13.1. The van der Waals surface area contributed by atoms with Crippen LogP contribution in [-0.2, 0) is 6.42 Å². The Morgan fingerprint density at radius 1 is 1.20 bits per heavy atom. The molecule has 0 N–H and O–H groups in total. The number of hydrogen-bond acceptors (Lipinski definition) is 4. The zero-order valence-corrected chi connectivity index (χ0v) is 14.9. The third kappa shape index (κ3) is 4.09. The van der Waals surface area contributed by atoms with Gasteiger partial charge in [0.1, 0.15) is 15.7 Å². The van der Waals surface area contributed by atoms with Crippen molar-refractivity contribution in [2.24, 2.45) is 0 Å². The lowest BCUT2D eigenvalue weighted by molar-refractivity contribution is 0.0800. The molecule has 25 heavy (non-hydrogen) atoms. The van der Waals surface area contributed by atoms with Gasteiger partial charge in [0.25, 0.3) is 5.91 Å². The summed E-state index contributed by atoms with van der Waals surface area (Å²) in [5.41, 5.74) is 2.46. The molecule has 0 aliphatic rings. The van der Waals surface area contributed by atoms with E-state index in [1.807, 2.05) is 25.1 Å². The van der Waals surface area contributed by atoms with Crippen molar-refractivity contribution in [3.63, 3.8) is 0 Å². The molecule has 0 unspecified atom stereocenters. The first kappa shape index (κ1) is 17.2. The lowest BCUT2D eigenvalue weighted by Gasteiger charge is -2.16. The summed E-state index contributed by atoms with van der Waals surface area (Å²) in [7, 11) is 1.78. The maximum atomic E-state index is 13.1. The van der Waals surface area contributed by atoms with Gasteiger partial charge in [-0.25, -0.2) is 9.37 Å². The van der Waals surface area contributed by atoms with E-state index in [4.69, 9.17) is 0 Å². The molecule has 0 fully saturated rings. The van der Waals surface area contributed by atoms with E-state index in [1.54, 1.807) is 30.3 Å². The second kappa shape index (κ2) is 7.53. The molecule has 4 nitrogen and oxygen atoms in total. The van der Waals surface area contributed by atoms with Gasteiger partial charge in [0.2, 0.25) is 0 Å². The van der Waals surface area contributed by atoms with Crippen molar-refractivity contribution >= 4 is 17.2 Å². The molecular weight excluding hydrogens is 337 g/mol. The number of benzene rings is 1. The van der Waals surface area contributed by atoms with Crippen LogP contribution in [-0.4, -0.2) is 34.4 Å². The first-order valence-electron chi connectivity index (χ1n) is 7.93. The van der Waals surface area contributed by atoms with Crippen LogP contribution < -0.4 is 0 Å². The smallest absolute Gasteiger partial charge is 0.265 e. The Balaban J connectivity index is 1.72. The second-order valence-corrected chi connectivity index (χ2v) is 6.74. The van der Waals surface area contributed by atoms with Crippen LogP contribution in [0, 0.1) is 12.7 Å². The number of nitrogens with zero attached hydrogens (tertiary/aromatic N) is 3. The van der Waals surface area contributed by atoms with E-state index in [9.17, 15) is 9.18 Å². The molecule has 0 aliphatic heterocycles. The standard InChI is InChI=1S/C19H18FN3OS/c1-13-17(25-18(22-13)14-6-8-15(20)9-7-14)19(24)23(2)12-10-16-5-3-4-11-21-16/h3-9,11H,10,12H2,1-2H3. The topological polar surface area (TPSA) is 46.1 Å². The summed E-state index contributed by atoms with van der Waals surface area (Å²) in [5.74, 6) is -0.345. The van der Waals surface area contributed by atoms with Crippen LogP contribution >= 0.6 is 11.3 Å². The number of carbonyl (C=O) groups excluding carboxylic acids is 1. The van der Waals surface area contributed by atoms with E-state index in [-0.39, 0.29) is 11.7 Å². The number of halogens is 1. The highest BCUT2D eigenvalue weighted by atomic mass is 32.1. The fourth-order valence-electron chi connectivity index (χ4n) is 2.41. The van der Waals surface area contributed by atoms with E-state index in [1.165, 1.54) is 23.5 Å². The summed E-state index contributed by atoms with van der Waals surface area (Å²) in [6.07, 6.45) is 2.45. The summed E-state index contributed by atoms with van der Waals surface area (Å²) >= 11 is 1.34. The van der Waals surface area contributed by atoms with E-state index in [0.717, 1.165) is 16.3 Å². The molecule has 1 aromatic carbocycles. The minimum absolute atomic E-state index is 0.0562. The highest BCUT2D eigenvalue weighted by molar-refractivity contribution is 7.17. The molecule has 6 heteroatoms. The molecule has 0 radical (unpaired) electrons. The van der Waals surface area contributed by atoms with Gasteiger partial charge in [0.05, 0.1) is 5.69 Å². The van der Waals surface area contributed by atoms with Crippen molar-refractivity contribution < 1.29 is 9.18 Å². The van der Waals surface area contributed by atoms with E-state index >= 15 is 0 Å². The van der Waals surface area contributed by atoms with E-state index < -0.39 is 0 Å². The van der Waals surface area contributed by atoms with Gasteiger partial charge < -0.3 is 4.90 Å². The van der Waals surface area contributed by atoms with Crippen LogP contribution in [0.25, 0.3) is 10.6 Å². The maximum Gasteiger partial charge on any atom is 0.265 e. The first-order valence-corrected chi connectivity index (χ1v) is 8.75. The Morgan fingerprint density at radius 3 is 2.64 bits per heavy atom. The highest BCUT2D eigenvalue weighted by Crippen LogP contribution is 2.28. The quantitative estimate of drug-likeness (QED) is 0.696. The summed E-state index contributed by atoms with van der Waals surface area (Å²) in [6, 6.07) is 11.9. The second-order valence-electron chi connectivity index (χ2n) is 5.74. The average Bonchev–Trinajstić information content (AvgIpc) is 3.02. The number of likely N-dealkylation sites (N-methyl/N-ethyl adjacent to an activating group) is 1. The largest absolute Gasteiger partial charge is 0.341 e. The van der Waals surface area contributed by atoms with Crippen LogP contribution in [0.2, 0.25) is 0 Å². The van der Waals surface area contributed by atoms with Crippen LogP contribution in [0.4, 0.5) is 4.39 Å². The summed E-state index contributed by atoms with van der Waals surface area (Å²) in [6.45, 7) is 2.41. The number of rotatable bonds is 5. The predicted molar refractivity (Wildman–Crippen MR) is 97.1 cm³/mol. The third-order valence-electron chi connectivity index (χ3n) is 3.86. The number of hydrogen-bond donors (Lipinski definition) is 0. The van der Waals surface area contributed by atoms with E-state index in [0.29, 0.717) is 23.5 Å². The fraction of sp³-hybridized carbons (Fsp3) is 0.211. The number of aryl methyl sites for hydroxylation is 1. The van der Waals surface area contributed by atoms with Crippen molar-refractivity contribution in [2.75, 3.05) is 13.6 Å². The molecular formula is C19H18FN3OS.